The molecule has 2 saturated carbocycles. The third kappa shape index (κ3) is 2.18. The Morgan fingerprint density at radius 1 is 1.17 bits per heavy atom. The molecule has 0 spiro atoms. The highest BCUT2D eigenvalue weighted by Gasteiger charge is 2.54. The quantitative estimate of drug-likeness (QED) is 0.833. The minimum absolute atomic E-state index is 0.0508. The monoisotopic (exact) mass is 258 g/mol. The Kier molecular flexibility index (Phi) is 2.94. The summed E-state index contributed by atoms with van der Waals surface area (Å²) in [7, 11) is 0. The fourth-order valence-corrected chi connectivity index (χ4v) is 3.67. The average Bonchev–Trinajstić information content (AvgIpc) is 3.17. The van der Waals surface area contributed by atoms with E-state index in [2.05, 4.69) is 24.1 Å². The largest absolute Gasteiger partial charge is 0.308 e. The van der Waals surface area contributed by atoms with Gasteiger partial charge >= 0.3 is 0 Å². The molecule has 3 fully saturated rings. The first-order valence-corrected chi connectivity index (χ1v) is 7.22. The lowest BCUT2D eigenvalue weighted by Crippen LogP contribution is -2.70. The average molecular weight is 258 g/mol. The van der Waals surface area contributed by atoms with Crippen molar-refractivity contribution in [3.63, 3.8) is 0 Å². The Morgan fingerprint density at radius 2 is 1.78 bits per heavy atom. The van der Waals surface area contributed by atoms with Crippen LogP contribution in [0.2, 0.25) is 0 Å². The van der Waals surface area contributed by atoms with E-state index in [9.17, 15) is 8.78 Å². The molecule has 2 atom stereocenters. The van der Waals surface area contributed by atoms with E-state index in [4.69, 9.17) is 0 Å². The van der Waals surface area contributed by atoms with Crippen LogP contribution in [0.15, 0.2) is 0 Å². The molecule has 4 heteroatoms. The van der Waals surface area contributed by atoms with E-state index in [1.54, 1.807) is 0 Å². The zero-order valence-corrected chi connectivity index (χ0v) is 11.4. The number of hydrogen-bond donors (Lipinski definition) is 1. The molecule has 1 N–H and O–H groups in total. The second kappa shape index (κ2) is 4.14. The summed E-state index contributed by atoms with van der Waals surface area (Å²) >= 11 is 0. The summed E-state index contributed by atoms with van der Waals surface area (Å²) in [5.41, 5.74) is 0.00806. The van der Waals surface area contributed by atoms with Crippen molar-refractivity contribution >= 4 is 0 Å². The number of rotatable bonds is 4. The van der Waals surface area contributed by atoms with Crippen molar-refractivity contribution in [1.82, 2.24) is 10.2 Å². The second-order valence-electron chi connectivity index (χ2n) is 6.95. The Hall–Kier alpha value is -0.220. The van der Waals surface area contributed by atoms with E-state index in [0.29, 0.717) is 11.8 Å². The lowest BCUT2D eigenvalue weighted by Gasteiger charge is -2.53. The van der Waals surface area contributed by atoms with Gasteiger partial charge in [0.05, 0.1) is 6.54 Å². The number of alkyl halides is 2. The number of halogens is 2. The summed E-state index contributed by atoms with van der Waals surface area (Å²) in [4.78, 5) is 2.09. The molecule has 1 heterocycles. The Balaban J connectivity index is 1.76. The first-order chi connectivity index (χ1) is 8.44. The maximum Gasteiger partial charge on any atom is 0.251 e. The van der Waals surface area contributed by atoms with Gasteiger partial charge in [0.2, 0.25) is 0 Å². The van der Waals surface area contributed by atoms with Gasteiger partial charge in [0.25, 0.3) is 6.43 Å². The predicted molar refractivity (Wildman–Crippen MR) is 67.8 cm³/mol. The van der Waals surface area contributed by atoms with E-state index < -0.39 is 6.43 Å². The van der Waals surface area contributed by atoms with Gasteiger partial charge in [-0.3, -0.25) is 4.90 Å². The summed E-state index contributed by atoms with van der Waals surface area (Å²) in [6.07, 6.45) is 2.71. The zero-order valence-electron chi connectivity index (χ0n) is 11.4. The molecule has 1 saturated heterocycles. The van der Waals surface area contributed by atoms with E-state index in [1.807, 2.05) is 0 Å². The Morgan fingerprint density at radius 3 is 2.28 bits per heavy atom. The van der Waals surface area contributed by atoms with Crippen molar-refractivity contribution in [1.29, 1.82) is 0 Å². The molecule has 2 unspecified atom stereocenters. The second-order valence-corrected chi connectivity index (χ2v) is 6.95. The number of hydrogen-bond acceptors (Lipinski definition) is 2. The van der Waals surface area contributed by atoms with E-state index in [0.717, 1.165) is 13.1 Å². The summed E-state index contributed by atoms with van der Waals surface area (Å²) in [6.45, 7) is 5.99. The molecular formula is C14H24F2N2. The number of nitrogens with zero attached hydrogens (tertiary/aromatic N) is 1. The van der Waals surface area contributed by atoms with E-state index in [-0.39, 0.29) is 17.6 Å². The maximum absolute atomic E-state index is 12.9. The van der Waals surface area contributed by atoms with E-state index >= 15 is 0 Å². The van der Waals surface area contributed by atoms with Gasteiger partial charge in [-0.1, -0.05) is 0 Å². The lowest BCUT2D eigenvalue weighted by atomic mass is 9.83. The molecule has 2 nitrogen and oxygen atoms in total. The highest BCUT2D eigenvalue weighted by Crippen LogP contribution is 2.48. The molecule has 0 aromatic carbocycles. The normalized spacial score (nSPS) is 42.5. The van der Waals surface area contributed by atoms with Gasteiger partial charge in [-0.05, 0) is 51.4 Å². The third-order valence-corrected chi connectivity index (χ3v) is 5.39. The fraction of sp³-hybridized carbons (Fsp3) is 1.00. The molecule has 0 aromatic rings. The molecule has 104 valence electrons. The third-order valence-electron chi connectivity index (χ3n) is 5.39. The molecule has 0 bridgehead atoms. The topological polar surface area (TPSA) is 15.3 Å². The highest BCUT2D eigenvalue weighted by molar-refractivity contribution is 5.11. The van der Waals surface area contributed by atoms with Gasteiger partial charge < -0.3 is 5.32 Å². The van der Waals surface area contributed by atoms with Gasteiger partial charge in [-0.25, -0.2) is 8.78 Å². The molecule has 2 aliphatic carbocycles. The standard InChI is InChI=1S/C14H24F2N2/c1-13(10-3-4-10)9-18(7-12(15)16)14(2,8-17-13)11-5-6-11/h10-12,17H,3-9H2,1-2H3. The van der Waals surface area contributed by atoms with Crippen LogP contribution in [0.3, 0.4) is 0 Å². The minimum atomic E-state index is -2.22. The highest BCUT2D eigenvalue weighted by atomic mass is 19.3. The molecule has 18 heavy (non-hydrogen) atoms. The summed E-state index contributed by atoms with van der Waals surface area (Å²) in [5, 5.41) is 3.69. The van der Waals surface area contributed by atoms with Gasteiger partial charge in [-0.15, -0.1) is 0 Å². The van der Waals surface area contributed by atoms with Crippen molar-refractivity contribution in [2.45, 2.75) is 57.0 Å². The van der Waals surface area contributed by atoms with Crippen LogP contribution in [0, 0.1) is 11.8 Å². The smallest absolute Gasteiger partial charge is 0.251 e. The van der Waals surface area contributed by atoms with Crippen molar-refractivity contribution in [2.75, 3.05) is 19.6 Å². The van der Waals surface area contributed by atoms with Gasteiger partial charge in [0.15, 0.2) is 0 Å². The predicted octanol–water partition coefficient (Wildman–Crippen LogP) is 2.49. The van der Waals surface area contributed by atoms with Crippen molar-refractivity contribution in [2.24, 2.45) is 11.8 Å². The van der Waals surface area contributed by atoms with Crippen LogP contribution in [-0.2, 0) is 0 Å². The van der Waals surface area contributed by atoms with Gasteiger partial charge in [0.1, 0.15) is 0 Å². The van der Waals surface area contributed by atoms with Gasteiger partial charge in [-0.2, -0.15) is 0 Å². The molecule has 0 amide bonds. The first-order valence-electron chi connectivity index (χ1n) is 7.22. The number of nitrogens with one attached hydrogen (secondary N) is 1. The number of piperazine rings is 1. The van der Waals surface area contributed by atoms with Crippen LogP contribution < -0.4 is 5.32 Å². The Labute approximate surface area is 108 Å². The van der Waals surface area contributed by atoms with Crippen LogP contribution in [0.25, 0.3) is 0 Å². The van der Waals surface area contributed by atoms with Crippen molar-refractivity contribution < 1.29 is 8.78 Å². The lowest BCUT2D eigenvalue weighted by molar-refractivity contribution is -0.0363. The summed E-state index contributed by atoms with van der Waals surface area (Å²) < 4.78 is 25.7. The van der Waals surface area contributed by atoms with Crippen molar-refractivity contribution in [3.8, 4) is 0 Å². The van der Waals surface area contributed by atoms with E-state index in [1.165, 1.54) is 25.7 Å². The fourth-order valence-electron chi connectivity index (χ4n) is 3.67. The Bertz CT molecular complexity index is 328. The molecule has 1 aliphatic heterocycles. The minimum Gasteiger partial charge on any atom is -0.308 e. The molecule has 3 rings (SSSR count). The van der Waals surface area contributed by atoms with Gasteiger partial charge in [0, 0.05) is 24.2 Å². The summed E-state index contributed by atoms with van der Waals surface area (Å²) in [6, 6.07) is 0. The molecule has 0 aromatic heterocycles. The van der Waals surface area contributed by atoms with Crippen LogP contribution in [-0.4, -0.2) is 42.0 Å². The summed E-state index contributed by atoms with van der Waals surface area (Å²) in [5.74, 6) is 1.31. The molecular weight excluding hydrogens is 234 g/mol. The zero-order chi connectivity index (χ0) is 13.0. The van der Waals surface area contributed by atoms with Crippen LogP contribution in [0.4, 0.5) is 8.78 Å². The maximum atomic E-state index is 12.9. The van der Waals surface area contributed by atoms with Crippen molar-refractivity contribution in [3.05, 3.63) is 0 Å². The van der Waals surface area contributed by atoms with Crippen LogP contribution in [0.5, 0.6) is 0 Å². The van der Waals surface area contributed by atoms with Crippen LogP contribution >= 0.6 is 0 Å². The SMILES string of the molecule is CC1(C2CC2)CN(CC(F)F)C(C)(C2CC2)CN1. The van der Waals surface area contributed by atoms with Crippen LogP contribution in [0.1, 0.15) is 39.5 Å². The first kappa shape index (κ1) is 12.8. The molecule has 0 radical (unpaired) electrons. The molecule has 3 aliphatic rings.